The van der Waals surface area contributed by atoms with Gasteiger partial charge in [0.2, 0.25) is 0 Å². The molecule has 0 bridgehead atoms. The van der Waals surface area contributed by atoms with E-state index in [1.54, 1.807) is 0 Å². The highest BCUT2D eigenvalue weighted by Crippen LogP contribution is 2.49. The summed E-state index contributed by atoms with van der Waals surface area (Å²) in [5.74, 6) is 0.593. The number of hydrogen-bond donors (Lipinski definition) is 1. The van der Waals surface area contributed by atoms with Gasteiger partial charge in [-0.2, -0.15) is 0 Å². The molecular formula is C10H12ClN. The van der Waals surface area contributed by atoms with E-state index in [9.17, 15) is 0 Å². The molecule has 0 radical (unpaired) electrons. The first-order valence-electron chi connectivity index (χ1n) is 4.18. The van der Waals surface area contributed by atoms with Crippen molar-refractivity contribution >= 4 is 11.6 Å². The molecule has 0 amide bonds. The number of rotatable bonds is 1. The molecule has 0 saturated heterocycles. The van der Waals surface area contributed by atoms with Crippen LogP contribution in [0.25, 0.3) is 0 Å². The normalized spacial score (nSPS) is 33.4. The van der Waals surface area contributed by atoms with Crippen LogP contribution in [0.5, 0.6) is 0 Å². The lowest BCUT2D eigenvalue weighted by Gasteiger charge is -2.10. The molecule has 0 aliphatic heterocycles. The van der Waals surface area contributed by atoms with Gasteiger partial charge in [-0.05, 0) is 30.0 Å². The summed E-state index contributed by atoms with van der Waals surface area (Å²) >= 11 is 5.87. The second kappa shape index (κ2) is 2.48. The fourth-order valence-electron chi connectivity index (χ4n) is 1.63. The zero-order valence-electron chi connectivity index (χ0n) is 7.05. The molecular weight excluding hydrogens is 170 g/mol. The van der Waals surface area contributed by atoms with Crippen LogP contribution in [0.4, 0.5) is 0 Å². The van der Waals surface area contributed by atoms with Gasteiger partial charge in [0, 0.05) is 10.6 Å². The first-order valence-corrected chi connectivity index (χ1v) is 4.55. The molecule has 1 saturated carbocycles. The summed E-state index contributed by atoms with van der Waals surface area (Å²) in [5, 5.41) is 0.774. The molecule has 1 fully saturated rings. The van der Waals surface area contributed by atoms with Gasteiger partial charge in [-0.15, -0.1) is 0 Å². The third-order valence-electron chi connectivity index (χ3n) is 2.73. The molecule has 1 aliphatic carbocycles. The predicted molar refractivity (Wildman–Crippen MR) is 51.1 cm³/mol. The van der Waals surface area contributed by atoms with Crippen LogP contribution < -0.4 is 5.73 Å². The van der Waals surface area contributed by atoms with Gasteiger partial charge in [-0.3, -0.25) is 0 Å². The van der Waals surface area contributed by atoms with E-state index in [-0.39, 0.29) is 5.54 Å². The Labute approximate surface area is 77.5 Å². The van der Waals surface area contributed by atoms with E-state index < -0.39 is 0 Å². The fraction of sp³-hybridized carbons (Fsp3) is 0.400. The molecule has 2 rings (SSSR count). The molecule has 1 aromatic rings. The molecule has 1 aliphatic rings. The zero-order chi connectivity index (χ0) is 8.77. The van der Waals surface area contributed by atoms with Crippen molar-refractivity contribution in [3.05, 3.63) is 34.9 Å². The van der Waals surface area contributed by atoms with E-state index in [2.05, 4.69) is 13.0 Å². The largest absolute Gasteiger partial charge is 0.321 e. The second-order valence-corrected chi connectivity index (χ2v) is 4.09. The second-order valence-electron chi connectivity index (χ2n) is 3.66. The van der Waals surface area contributed by atoms with Crippen LogP contribution in [0, 0.1) is 5.92 Å². The first-order chi connectivity index (χ1) is 5.63. The lowest BCUT2D eigenvalue weighted by atomic mass is 10.0. The van der Waals surface area contributed by atoms with Crippen molar-refractivity contribution in [2.24, 2.45) is 11.7 Å². The van der Waals surface area contributed by atoms with Crippen LogP contribution in [-0.2, 0) is 5.54 Å². The smallest absolute Gasteiger partial charge is 0.0440 e. The Bertz CT molecular complexity index is 310. The Balaban J connectivity index is 2.36. The first kappa shape index (κ1) is 8.09. The summed E-state index contributed by atoms with van der Waals surface area (Å²) in [6, 6.07) is 7.85. The molecule has 64 valence electrons. The zero-order valence-corrected chi connectivity index (χ0v) is 7.81. The van der Waals surface area contributed by atoms with Crippen LogP contribution in [0.2, 0.25) is 5.02 Å². The topological polar surface area (TPSA) is 26.0 Å². The van der Waals surface area contributed by atoms with Gasteiger partial charge >= 0.3 is 0 Å². The van der Waals surface area contributed by atoms with Crippen LogP contribution in [0.15, 0.2) is 24.3 Å². The third-order valence-corrected chi connectivity index (χ3v) is 2.96. The Morgan fingerprint density at radius 2 is 2.25 bits per heavy atom. The molecule has 2 N–H and O–H groups in total. The van der Waals surface area contributed by atoms with E-state index >= 15 is 0 Å². The number of halogens is 1. The Morgan fingerprint density at radius 3 is 2.75 bits per heavy atom. The molecule has 1 nitrogen and oxygen atoms in total. The molecule has 2 unspecified atom stereocenters. The van der Waals surface area contributed by atoms with Gasteiger partial charge < -0.3 is 5.73 Å². The maximum atomic E-state index is 6.12. The Kier molecular flexibility index (Phi) is 1.67. The van der Waals surface area contributed by atoms with E-state index in [1.807, 2.05) is 18.2 Å². The van der Waals surface area contributed by atoms with E-state index in [0.29, 0.717) is 5.92 Å². The molecule has 0 spiro atoms. The van der Waals surface area contributed by atoms with E-state index in [0.717, 1.165) is 11.4 Å². The summed E-state index contributed by atoms with van der Waals surface area (Å²) in [5.41, 5.74) is 7.20. The summed E-state index contributed by atoms with van der Waals surface area (Å²) < 4.78 is 0. The van der Waals surface area contributed by atoms with Crippen molar-refractivity contribution in [2.75, 3.05) is 0 Å². The Morgan fingerprint density at radius 1 is 1.58 bits per heavy atom. The van der Waals surface area contributed by atoms with E-state index in [4.69, 9.17) is 17.3 Å². The Hall–Kier alpha value is -0.530. The van der Waals surface area contributed by atoms with Gasteiger partial charge in [0.25, 0.3) is 0 Å². The summed E-state index contributed by atoms with van der Waals surface area (Å²) in [6.45, 7) is 2.17. The minimum Gasteiger partial charge on any atom is -0.321 e. The molecule has 2 heteroatoms. The van der Waals surface area contributed by atoms with Crippen molar-refractivity contribution in [3.8, 4) is 0 Å². The van der Waals surface area contributed by atoms with Gasteiger partial charge in [0.05, 0.1) is 0 Å². The number of hydrogen-bond acceptors (Lipinski definition) is 1. The standard InChI is InChI=1S/C10H12ClN/c1-7-6-10(7,12)8-3-2-4-9(11)5-8/h2-5,7H,6,12H2,1H3. The maximum absolute atomic E-state index is 6.12. The lowest BCUT2D eigenvalue weighted by molar-refractivity contribution is 0.665. The van der Waals surface area contributed by atoms with Gasteiger partial charge in [0.1, 0.15) is 0 Å². The van der Waals surface area contributed by atoms with Gasteiger partial charge in [-0.1, -0.05) is 30.7 Å². The summed E-state index contributed by atoms with van der Waals surface area (Å²) in [4.78, 5) is 0. The van der Waals surface area contributed by atoms with Crippen LogP contribution in [0.3, 0.4) is 0 Å². The van der Waals surface area contributed by atoms with Crippen molar-refractivity contribution in [1.82, 2.24) is 0 Å². The molecule has 2 atom stereocenters. The average Bonchev–Trinajstić information content (AvgIpc) is 2.61. The quantitative estimate of drug-likeness (QED) is 0.708. The third kappa shape index (κ3) is 1.13. The minimum atomic E-state index is -0.0924. The summed E-state index contributed by atoms with van der Waals surface area (Å²) in [7, 11) is 0. The monoisotopic (exact) mass is 181 g/mol. The minimum absolute atomic E-state index is 0.0924. The number of benzene rings is 1. The molecule has 12 heavy (non-hydrogen) atoms. The highest BCUT2D eigenvalue weighted by Gasteiger charge is 2.48. The lowest BCUT2D eigenvalue weighted by Crippen LogP contribution is -2.21. The van der Waals surface area contributed by atoms with Crippen LogP contribution in [-0.4, -0.2) is 0 Å². The average molecular weight is 182 g/mol. The van der Waals surface area contributed by atoms with Gasteiger partial charge in [0.15, 0.2) is 0 Å². The fourth-order valence-corrected chi connectivity index (χ4v) is 1.82. The highest BCUT2D eigenvalue weighted by molar-refractivity contribution is 6.30. The van der Waals surface area contributed by atoms with Crippen molar-refractivity contribution in [2.45, 2.75) is 18.9 Å². The summed E-state index contributed by atoms with van der Waals surface area (Å²) in [6.07, 6.45) is 1.08. The predicted octanol–water partition coefficient (Wildman–Crippen LogP) is 2.53. The SMILES string of the molecule is CC1CC1(N)c1cccc(Cl)c1. The molecule has 1 aromatic carbocycles. The van der Waals surface area contributed by atoms with Crippen molar-refractivity contribution in [3.63, 3.8) is 0 Å². The van der Waals surface area contributed by atoms with Crippen LogP contribution in [0.1, 0.15) is 18.9 Å². The highest BCUT2D eigenvalue weighted by atomic mass is 35.5. The van der Waals surface area contributed by atoms with Gasteiger partial charge in [-0.25, -0.2) is 0 Å². The van der Waals surface area contributed by atoms with Crippen molar-refractivity contribution in [1.29, 1.82) is 0 Å². The van der Waals surface area contributed by atoms with Crippen LogP contribution >= 0.6 is 11.6 Å². The maximum Gasteiger partial charge on any atom is 0.0440 e. The van der Waals surface area contributed by atoms with Crippen molar-refractivity contribution < 1.29 is 0 Å². The molecule has 0 heterocycles. The number of nitrogens with two attached hydrogens (primary N) is 1. The van der Waals surface area contributed by atoms with E-state index in [1.165, 1.54) is 5.56 Å². The molecule has 0 aromatic heterocycles.